The van der Waals surface area contributed by atoms with Crippen LogP contribution in [0.15, 0.2) is 24.3 Å². The number of carbonyl (C=O) groups is 1. The molecule has 0 bridgehead atoms. The lowest BCUT2D eigenvalue weighted by Crippen LogP contribution is -2.02. The van der Waals surface area contributed by atoms with Gasteiger partial charge in [-0.25, -0.2) is 0 Å². The molecule has 0 aromatic heterocycles. The SMILES string of the molecule is CC(=O)CC(C#N)c1cccc(I)c1. The highest BCUT2D eigenvalue weighted by atomic mass is 127. The standard InChI is InChI=1S/C11H10INO/c1-8(14)5-10(7-13)9-3-2-4-11(12)6-9/h2-4,6,10H,5H2,1H3. The van der Waals surface area contributed by atoms with Gasteiger partial charge in [-0.2, -0.15) is 5.26 Å². The van der Waals surface area contributed by atoms with Gasteiger partial charge in [-0.1, -0.05) is 12.1 Å². The van der Waals surface area contributed by atoms with Crippen LogP contribution >= 0.6 is 22.6 Å². The average molecular weight is 299 g/mol. The van der Waals surface area contributed by atoms with Gasteiger partial charge in [-0.15, -0.1) is 0 Å². The molecule has 1 rings (SSSR count). The summed E-state index contributed by atoms with van der Waals surface area (Å²) >= 11 is 2.19. The van der Waals surface area contributed by atoms with Crippen LogP contribution in [0.2, 0.25) is 0 Å². The molecule has 1 atom stereocenters. The molecule has 0 saturated heterocycles. The van der Waals surface area contributed by atoms with Crippen LogP contribution in [-0.4, -0.2) is 5.78 Å². The summed E-state index contributed by atoms with van der Waals surface area (Å²) < 4.78 is 1.09. The minimum absolute atomic E-state index is 0.0513. The molecule has 3 heteroatoms. The number of carbonyl (C=O) groups excluding carboxylic acids is 1. The van der Waals surface area contributed by atoms with Crippen molar-refractivity contribution in [2.75, 3.05) is 0 Å². The van der Waals surface area contributed by atoms with Crippen molar-refractivity contribution in [3.05, 3.63) is 33.4 Å². The van der Waals surface area contributed by atoms with E-state index in [0.717, 1.165) is 9.13 Å². The Morgan fingerprint density at radius 2 is 2.36 bits per heavy atom. The van der Waals surface area contributed by atoms with Crippen molar-refractivity contribution in [2.45, 2.75) is 19.3 Å². The molecule has 72 valence electrons. The summed E-state index contributed by atoms with van der Waals surface area (Å²) in [5, 5.41) is 8.91. The number of Topliss-reactive ketones (excluding diaryl/α,β-unsaturated/α-hetero) is 1. The maximum absolute atomic E-state index is 10.9. The van der Waals surface area contributed by atoms with Crippen LogP contribution in [0.5, 0.6) is 0 Å². The molecule has 0 spiro atoms. The number of benzene rings is 1. The van der Waals surface area contributed by atoms with Gasteiger partial charge in [0.2, 0.25) is 0 Å². The van der Waals surface area contributed by atoms with Crippen LogP contribution < -0.4 is 0 Å². The summed E-state index contributed by atoms with van der Waals surface area (Å²) in [4.78, 5) is 10.9. The number of nitrogens with zero attached hydrogens (tertiary/aromatic N) is 1. The smallest absolute Gasteiger partial charge is 0.131 e. The fourth-order valence-corrected chi connectivity index (χ4v) is 1.82. The first-order chi connectivity index (χ1) is 6.63. The van der Waals surface area contributed by atoms with Gasteiger partial charge in [0.1, 0.15) is 5.78 Å². The molecular formula is C11H10INO. The summed E-state index contributed by atoms with van der Waals surface area (Å²) in [6, 6.07) is 9.85. The Hall–Kier alpha value is -0.890. The highest BCUT2D eigenvalue weighted by Gasteiger charge is 2.12. The van der Waals surface area contributed by atoms with Gasteiger partial charge in [0.05, 0.1) is 12.0 Å². The number of nitriles is 1. The third-order valence-corrected chi connectivity index (χ3v) is 2.57. The van der Waals surface area contributed by atoms with Crippen molar-refractivity contribution < 1.29 is 4.79 Å². The zero-order valence-electron chi connectivity index (χ0n) is 7.83. The molecule has 0 radical (unpaired) electrons. The third kappa shape index (κ3) is 3.11. The van der Waals surface area contributed by atoms with Gasteiger partial charge < -0.3 is 0 Å². The highest BCUT2D eigenvalue weighted by Crippen LogP contribution is 2.20. The Labute approximate surface area is 97.1 Å². The van der Waals surface area contributed by atoms with E-state index in [9.17, 15) is 4.79 Å². The minimum Gasteiger partial charge on any atom is -0.300 e. The second-order valence-corrected chi connectivity index (χ2v) is 4.39. The molecule has 1 unspecified atom stereocenters. The molecule has 14 heavy (non-hydrogen) atoms. The van der Waals surface area contributed by atoms with E-state index in [-0.39, 0.29) is 11.7 Å². The molecule has 0 fully saturated rings. The summed E-state index contributed by atoms with van der Waals surface area (Å²) in [6.07, 6.45) is 0.302. The van der Waals surface area contributed by atoms with Gasteiger partial charge >= 0.3 is 0 Å². The van der Waals surface area contributed by atoms with E-state index in [2.05, 4.69) is 28.7 Å². The lowest BCUT2D eigenvalue weighted by molar-refractivity contribution is -0.117. The molecule has 0 N–H and O–H groups in total. The summed E-state index contributed by atoms with van der Waals surface area (Å²) in [5.74, 6) is -0.252. The molecule has 1 aromatic carbocycles. The molecule has 0 amide bonds. The molecule has 2 nitrogen and oxygen atoms in total. The van der Waals surface area contributed by atoms with Crippen LogP contribution in [-0.2, 0) is 4.79 Å². The van der Waals surface area contributed by atoms with Gasteiger partial charge in [0, 0.05) is 9.99 Å². The van der Waals surface area contributed by atoms with E-state index in [1.165, 1.54) is 6.92 Å². The minimum atomic E-state index is -0.304. The zero-order chi connectivity index (χ0) is 10.6. The van der Waals surface area contributed by atoms with E-state index in [1.54, 1.807) is 0 Å². The molecule has 0 aliphatic carbocycles. The second kappa shape index (κ2) is 5.11. The van der Waals surface area contributed by atoms with E-state index in [4.69, 9.17) is 5.26 Å². The maximum Gasteiger partial charge on any atom is 0.131 e. The van der Waals surface area contributed by atoms with Crippen LogP contribution in [0.25, 0.3) is 0 Å². The molecule has 0 saturated carbocycles. The van der Waals surface area contributed by atoms with Crippen molar-refractivity contribution >= 4 is 28.4 Å². The van der Waals surface area contributed by atoms with E-state index in [0.29, 0.717) is 6.42 Å². The molecule has 0 aliphatic rings. The highest BCUT2D eigenvalue weighted by molar-refractivity contribution is 14.1. The molecule has 1 aromatic rings. The van der Waals surface area contributed by atoms with Crippen molar-refractivity contribution in [1.29, 1.82) is 5.26 Å². The average Bonchev–Trinajstić information content (AvgIpc) is 2.14. The van der Waals surface area contributed by atoms with E-state index in [1.807, 2.05) is 24.3 Å². The molecular weight excluding hydrogens is 289 g/mol. The molecule has 0 heterocycles. The number of halogens is 1. The van der Waals surface area contributed by atoms with Gasteiger partial charge in [0.25, 0.3) is 0 Å². The first kappa shape index (κ1) is 11.2. The Bertz CT molecular complexity index is 381. The predicted molar refractivity (Wildman–Crippen MR) is 62.8 cm³/mol. The van der Waals surface area contributed by atoms with E-state index >= 15 is 0 Å². The van der Waals surface area contributed by atoms with Crippen LogP contribution in [0.4, 0.5) is 0 Å². The van der Waals surface area contributed by atoms with Crippen LogP contribution in [0.1, 0.15) is 24.8 Å². The number of ketones is 1. The fourth-order valence-electron chi connectivity index (χ4n) is 1.25. The topological polar surface area (TPSA) is 40.9 Å². The first-order valence-electron chi connectivity index (χ1n) is 4.28. The lowest BCUT2D eigenvalue weighted by Gasteiger charge is -2.06. The number of hydrogen-bond acceptors (Lipinski definition) is 2. The maximum atomic E-state index is 10.9. The summed E-state index contributed by atoms with van der Waals surface area (Å²) in [7, 11) is 0. The van der Waals surface area contributed by atoms with E-state index < -0.39 is 0 Å². The Balaban J connectivity index is 2.90. The molecule has 0 aliphatic heterocycles. The number of hydrogen-bond donors (Lipinski definition) is 0. The Morgan fingerprint density at radius 1 is 1.64 bits per heavy atom. The van der Waals surface area contributed by atoms with Gasteiger partial charge in [-0.3, -0.25) is 4.79 Å². The summed E-state index contributed by atoms with van der Waals surface area (Å²) in [5.41, 5.74) is 0.926. The van der Waals surface area contributed by atoms with Crippen molar-refractivity contribution in [3.63, 3.8) is 0 Å². The lowest BCUT2D eigenvalue weighted by atomic mass is 9.96. The van der Waals surface area contributed by atoms with Crippen LogP contribution in [0.3, 0.4) is 0 Å². The Morgan fingerprint density at radius 3 is 2.86 bits per heavy atom. The zero-order valence-corrected chi connectivity index (χ0v) is 9.98. The quantitative estimate of drug-likeness (QED) is 0.805. The normalized spacial score (nSPS) is 11.8. The summed E-state index contributed by atoms with van der Waals surface area (Å²) in [6.45, 7) is 1.51. The Kier molecular flexibility index (Phi) is 4.08. The van der Waals surface area contributed by atoms with Crippen molar-refractivity contribution in [1.82, 2.24) is 0 Å². The first-order valence-corrected chi connectivity index (χ1v) is 5.36. The van der Waals surface area contributed by atoms with Gasteiger partial charge in [-0.05, 0) is 47.2 Å². The van der Waals surface area contributed by atoms with Crippen LogP contribution in [0, 0.1) is 14.9 Å². The third-order valence-electron chi connectivity index (χ3n) is 1.90. The monoisotopic (exact) mass is 299 g/mol. The largest absolute Gasteiger partial charge is 0.300 e. The van der Waals surface area contributed by atoms with Crippen molar-refractivity contribution in [2.24, 2.45) is 0 Å². The van der Waals surface area contributed by atoms with Gasteiger partial charge in [0.15, 0.2) is 0 Å². The second-order valence-electron chi connectivity index (χ2n) is 3.14. The predicted octanol–water partition coefficient (Wildman–Crippen LogP) is 2.88. The van der Waals surface area contributed by atoms with Crippen molar-refractivity contribution in [3.8, 4) is 6.07 Å². The fraction of sp³-hybridized carbons (Fsp3) is 0.273. The number of rotatable bonds is 3.